The Labute approximate surface area is 182 Å². The SMILES string of the molecule is CC1[C@]2(COP(=O)(O)OP(=O)(O)OP(=O)(O)O)O[C@@H](n3cnc4c(N)ncnc43)[C@H](F)[C@@]12O. The van der Waals surface area contributed by atoms with E-state index in [1.807, 2.05) is 0 Å². The highest BCUT2D eigenvalue weighted by atomic mass is 31.3. The van der Waals surface area contributed by atoms with Gasteiger partial charge in [0.2, 0.25) is 0 Å². The van der Waals surface area contributed by atoms with Crippen molar-refractivity contribution in [2.45, 2.75) is 30.5 Å². The van der Waals surface area contributed by atoms with Gasteiger partial charge in [0.25, 0.3) is 0 Å². The van der Waals surface area contributed by atoms with Gasteiger partial charge in [-0.2, -0.15) is 8.62 Å². The molecule has 0 radical (unpaired) electrons. The smallest absolute Gasteiger partial charge is 0.383 e. The Hall–Kier alpha value is -1.39. The first-order chi connectivity index (χ1) is 15.0. The number of fused-ring (bicyclic) bond motifs is 2. The molecule has 33 heavy (non-hydrogen) atoms. The first kappa shape index (κ1) is 24.7. The number of nitrogen functional groups attached to an aromatic ring is 1. The summed E-state index contributed by atoms with van der Waals surface area (Å²) in [4.78, 5) is 47.7. The number of rotatable bonds is 8. The summed E-state index contributed by atoms with van der Waals surface area (Å²) >= 11 is 0. The van der Waals surface area contributed by atoms with E-state index < -0.39 is 59.6 Å². The molecule has 3 heterocycles. The molecule has 3 unspecified atom stereocenters. The van der Waals surface area contributed by atoms with Crippen LogP contribution in [0.3, 0.4) is 0 Å². The first-order valence-corrected chi connectivity index (χ1v) is 13.3. The van der Waals surface area contributed by atoms with Crippen molar-refractivity contribution in [3.63, 3.8) is 0 Å². The van der Waals surface area contributed by atoms with Gasteiger partial charge in [-0.1, -0.05) is 6.92 Å². The maximum Gasteiger partial charge on any atom is 0.490 e. The fraction of sp³-hybridized carbons (Fsp3) is 0.583. The molecule has 1 saturated heterocycles. The van der Waals surface area contributed by atoms with Crippen molar-refractivity contribution in [1.82, 2.24) is 19.5 Å². The fourth-order valence-corrected chi connectivity index (χ4v) is 6.93. The molecular weight excluding hydrogens is 518 g/mol. The van der Waals surface area contributed by atoms with Crippen LogP contribution >= 0.6 is 23.5 Å². The van der Waals surface area contributed by atoms with Crippen molar-refractivity contribution in [3.8, 4) is 0 Å². The number of hydrogen-bond acceptors (Lipinski definition) is 12. The fourth-order valence-electron chi connectivity index (χ4n) is 3.88. The molecule has 0 spiro atoms. The summed E-state index contributed by atoms with van der Waals surface area (Å²) in [5, 5.41) is 10.8. The molecule has 184 valence electrons. The molecule has 1 aliphatic heterocycles. The van der Waals surface area contributed by atoms with Crippen molar-refractivity contribution < 1.29 is 60.6 Å². The quantitative estimate of drug-likeness (QED) is 0.238. The van der Waals surface area contributed by atoms with Crippen LogP contribution in [0.2, 0.25) is 0 Å². The molecule has 21 heteroatoms. The van der Waals surface area contributed by atoms with Gasteiger partial charge in [-0.3, -0.25) is 9.09 Å². The Morgan fingerprint density at radius 2 is 1.85 bits per heavy atom. The maximum atomic E-state index is 15.3. The number of aromatic nitrogens is 4. The highest BCUT2D eigenvalue weighted by Gasteiger charge is 2.86. The molecule has 0 amide bonds. The van der Waals surface area contributed by atoms with Crippen molar-refractivity contribution in [3.05, 3.63) is 12.7 Å². The lowest BCUT2D eigenvalue weighted by atomic mass is 10.1. The van der Waals surface area contributed by atoms with Crippen LogP contribution in [0.25, 0.3) is 11.2 Å². The van der Waals surface area contributed by atoms with Crippen LogP contribution in [0.15, 0.2) is 12.7 Å². The van der Waals surface area contributed by atoms with Crippen LogP contribution in [0.4, 0.5) is 10.2 Å². The molecular formula is C12H17FN5O12P3. The minimum absolute atomic E-state index is 0.00627. The monoisotopic (exact) mass is 535 g/mol. The van der Waals surface area contributed by atoms with Crippen molar-refractivity contribution in [2.24, 2.45) is 5.92 Å². The molecule has 2 aliphatic rings. The van der Waals surface area contributed by atoms with E-state index in [-0.39, 0.29) is 17.0 Å². The van der Waals surface area contributed by atoms with Gasteiger partial charge in [-0.25, -0.2) is 33.0 Å². The van der Waals surface area contributed by atoms with Crippen LogP contribution in [-0.2, 0) is 31.6 Å². The summed E-state index contributed by atoms with van der Waals surface area (Å²) in [5.41, 5.74) is 1.79. The van der Waals surface area contributed by atoms with Gasteiger partial charge in [0.05, 0.1) is 12.9 Å². The molecule has 1 saturated carbocycles. The molecule has 2 aromatic rings. The predicted molar refractivity (Wildman–Crippen MR) is 101 cm³/mol. The number of ether oxygens (including phenoxy) is 1. The molecule has 2 fully saturated rings. The van der Waals surface area contributed by atoms with E-state index in [2.05, 4.69) is 28.1 Å². The number of halogens is 1. The van der Waals surface area contributed by atoms with Gasteiger partial charge >= 0.3 is 23.5 Å². The average Bonchev–Trinajstić information content (AvgIpc) is 2.97. The summed E-state index contributed by atoms with van der Waals surface area (Å²) in [6, 6.07) is 0. The van der Waals surface area contributed by atoms with Crippen molar-refractivity contribution in [2.75, 3.05) is 12.3 Å². The van der Waals surface area contributed by atoms with Crippen LogP contribution in [0.5, 0.6) is 0 Å². The molecule has 0 bridgehead atoms. The van der Waals surface area contributed by atoms with E-state index in [4.69, 9.17) is 20.3 Å². The zero-order chi connectivity index (χ0) is 24.6. The molecule has 1 aliphatic carbocycles. The topological polar surface area (TPSA) is 259 Å². The molecule has 0 aromatic carbocycles. The van der Waals surface area contributed by atoms with Crippen LogP contribution < -0.4 is 5.73 Å². The second-order valence-corrected chi connectivity index (χ2v) is 11.7. The van der Waals surface area contributed by atoms with Crippen LogP contribution in [-0.4, -0.2) is 68.2 Å². The van der Waals surface area contributed by atoms with E-state index in [9.17, 15) is 28.6 Å². The number of imidazole rings is 1. The lowest BCUT2D eigenvalue weighted by molar-refractivity contribution is -0.0852. The maximum absolute atomic E-state index is 15.3. The van der Waals surface area contributed by atoms with E-state index in [1.54, 1.807) is 0 Å². The number of nitrogens with two attached hydrogens (primary N) is 1. The highest BCUT2D eigenvalue weighted by molar-refractivity contribution is 7.66. The van der Waals surface area contributed by atoms with Gasteiger partial charge in [0.15, 0.2) is 23.9 Å². The van der Waals surface area contributed by atoms with Gasteiger partial charge in [-0.15, -0.1) is 0 Å². The number of phosphoric ester groups is 1. The standard InChI is InChI=1S/C12H17FN5O12P3/c1-5-11(2-27-32(23,24)30-33(25,26)29-31(20,21)22)12(5,19)7(13)10(28-11)18-4-17-6-8(14)15-3-16-9(6)18/h3-5,7,10,19H,2H2,1H3,(H,23,24)(H,25,26)(H2,14,15,16)(H2,20,21,22)/t5?,7-,10+,11-,12-/m0/s1. The van der Waals surface area contributed by atoms with E-state index in [0.29, 0.717) is 0 Å². The average molecular weight is 535 g/mol. The second kappa shape index (κ2) is 7.55. The lowest BCUT2D eigenvalue weighted by Gasteiger charge is -2.23. The number of alkyl halides is 1. The van der Waals surface area contributed by atoms with Gasteiger partial charge in [0, 0.05) is 5.92 Å². The van der Waals surface area contributed by atoms with Crippen molar-refractivity contribution in [1.29, 1.82) is 0 Å². The highest BCUT2D eigenvalue weighted by Crippen LogP contribution is 2.71. The summed E-state index contributed by atoms with van der Waals surface area (Å²) in [6.07, 6.45) is -1.39. The van der Waals surface area contributed by atoms with Gasteiger partial charge < -0.3 is 35.2 Å². The zero-order valence-electron chi connectivity index (χ0n) is 16.3. The molecule has 17 nitrogen and oxygen atoms in total. The largest absolute Gasteiger partial charge is 0.490 e. The minimum Gasteiger partial charge on any atom is -0.383 e. The minimum atomic E-state index is -5.75. The predicted octanol–water partition coefficient (Wildman–Crippen LogP) is -0.262. The van der Waals surface area contributed by atoms with Gasteiger partial charge in [-0.05, 0) is 0 Å². The lowest BCUT2D eigenvalue weighted by Crippen LogP contribution is -2.32. The second-order valence-electron chi connectivity index (χ2n) is 7.29. The van der Waals surface area contributed by atoms with Crippen LogP contribution in [0.1, 0.15) is 13.2 Å². The Balaban J connectivity index is 1.54. The number of anilines is 1. The number of phosphoric acid groups is 3. The Bertz CT molecular complexity index is 1260. The molecule has 7 atom stereocenters. The zero-order valence-corrected chi connectivity index (χ0v) is 19.0. The van der Waals surface area contributed by atoms with Crippen molar-refractivity contribution >= 4 is 40.4 Å². The Kier molecular flexibility index (Phi) is 5.66. The number of aliphatic hydroxyl groups is 1. The Morgan fingerprint density at radius 1 is 1.18 bits per heavy atom. The van der Waals surface area contributed by atoms with Crippen LogP contribution in [0, 0.1) is 5.92 Å². The summed E-state index contributed by atoms with van der Waals surface area (Å²) < 4.78 is 68.0. The summed E-state index contributed by atoms with van der Waals surface area (Å²) in [7, 11) is -16.8. The third kappa shape index (κ3) is 4.05. The van der Waals surface area contributed by atoms with Gasteiger partial charge in [0.1, 0.15) is 23.0 Å². The first-order valence-electron chi connectivity index (χ1n) is 8.79. The van der Waals surface area contributed by atoms with E-state index in [0.717, 1.165) is 17.2 Å². The normalized spacial score (nSPS) is 35.2. The third-order valence-electron chi connectivity index (χ3n) is 5.48. The molecule has 4 rings (SSSR count). The number of nitrogens with zero attached hydrogens (tertiary/aromatic N) is 4. The van der Waals surface area contributed by atoms with E-state index >= 15 is 4.39 Å². The summed E-state index contributed by atoms with van der Waals surface area (Å²) in [6.45, 7) is 0.338. The molecule has 7 N–H and O–H groups in total. The molecule has 2 aromatic heterocycles. The summed E-state index contributed by atoms with van der Waals surface area (Å²) in [5.74, 6) is -0.968. The van der Waals surface area contributed by atoms with E-state index in [1.165, 1.54) is 6.92 Å². The Morgan fingerprint density at radius 3 is 2.48 bits per heavy atom. The number of hydrogen-bond donors (Lipinski definition) is 6. The third-order valence-corrected chi connectivity index (χ3v) is 9.26.